The molecule has 2 rings (SSSR count). The van der Waals surface area contributed by atoms with Crippen LogP contribution in [0.5, 0.6) is 5.75 Å². The molecule has 0 fully saturated rings. The maximum atomic E-state index is 12.6. The zero-order valence-electron chi connectivity index (χ0n) is 15.6. The van der Waals surface area contributed by atoms with Gasteiger partial charge in [0, 0.05) is 5.56 Å². The molecule has 0 spiro atoms. The summed E-state index contributed by atoms with van der Waals surface area (Å²) in [4.78, 5) is 12.6. The lowest BCUT2D eigenvalue weighted by atomic mass is 9.99. The van der Waals surface area contributed by atoms with Crippen molar-refractivity contribution in [1.29, 1.82) is 0 Å². The van der Waals surface area contributed by atoms with E-state index in [9.17, 15) is 13.2 Å². The molecule has 1 amide bonds. The third-order valence-corrected chi connectivity index (χ3v) is 5.67. The highest BCUT2D eigenvalue weighted by molar-refractivity contribution is 7.89. The summed E-state index contributed by atoms with van der Waals surface area (Å²) >= 11 is 0. The van der Waals surface area contributed by atoms with E-state index in [2.05, 4.69) is 10.0 Å². The molecule has 0 aliphatic carbocycles. The lowest BCUT2D eigenvalue weighted by Gasteiger charge is -2.18. The maximum absolute atomic E-state index is 12.6. The number of hydrogen-bond acceptors (Lipinski definition) is 4. The fourth-order valence-corrected chi connectivity index (χ4v) is 3.64. The Balaban J connectivity index is 2.32. The first-order chi connectivity index (χ1) is 12.2. The summed E-state index contributed by atoms with van der Waals surface area (Å²) in [5.41, 5.74) is 3.46. The number of sulfonamides is 1. The number of hydrogen-bond donors (Lipinski definition) is 2. The molecule has 26 heavy (non-hydrogen) atoms. The van der Waals surface area contributed by atoms with E-state index in [1.54, 1.807) is 6.07 Å². The number of nitrogens with one attached hydrogen (secondary N) is 2. The number of ether oxygens (including phenoxy) is 1. The topological polar surface area (TPSA) is 84.5 Å². The van der Waals surface area contributed by atoms with E-state index in [4.69, 9.17) is 4.74 Å². The van der Waals surface area contributed by atoms with Crippen molar-refractivity contribution in [1.82, 2.24) is 10.0 Å². The molecule has 0 aliphatic heterocycles. The highest BCUT2D eigenvalue weighted by atomic mass is 32.2. The summed E-state index contributed by atoms with van der Waals surface area (Å²) in [6.07, 6.45) is 0. The molecule has 0 aliphatic rings. The van der Waals surface area contributed by atoms with Crippen LogP contribution < -0.4 is 14.8 Å². The molecule has 0 aromatic heterocycles. The fourth-order valence-electron chi connectivity index (χ4n) is 2.72. The predicted octanol–water partition coefficient (Wildman–Crippen LogP) is 2.71. The molecule has 2 aromatic rings. The Kier molecular flexibility index (Phi) is 6.05. The number of benzene rings is 2. The van der Waals surface area contributed by atoms with Crippen molar-refractivity contribution in [3.8, 4) is 5.75 Å². The van der Waals surface area contributed by atoms with Crippen LogP contribution >= 0.6 is 0 Å². The maximum Gasteiger partial charge on any atom is 0.251 e. The number of rotatable bonds is 6. The van der Waals surface area contributed by atoms with Crippen molar-refractivity contribution in [2.24, 2.45) is 0 Å². The summed E-state index contributed by atoms with van der Waals surface area (Å²) in [7, 11) is -1.05. The average molecular weight is 376 g/mol. The van der Waals surface area contributed by atoms with Gasteiger partial charge in [-0.3, -0.25) is 4.79 Å². The lowest BCUT2D eigenvalue weighted by molar-refractivity contribution is 0.0939. The Morgan fingerprint density at radius 3 is 2.42 bits per heavy atom. The molecule has 140 valence electrons. The van der Waals surface area contributed by atoms with Crippen molar-refractivity contribution >= 4 is 15.9 Å². The molecule has 0 radical (unpaired) electrons. The van der Waals surface area contributed by atoms with Crippen molar-refractivity contribution in [2.75, 3.05) is 14.2 Å². The number of amides is 1. The summed E-state index contributed by atoms with van der Waals surface area (Å²) in [5, 5.41) is 2.92. The smallest absolute Gasteiger partial charge is 0.251 e. The molecular weight excluding hydrogens is 352 g/mol. The van der Waals surface area contributed by atoms with Crippen molar-refractivity contribution in [2.45, 2.75) is 31.7 Å². The van der Waals surface area contributed by atoms with Crippen LogP contribution in [0.3, 0.4) is 0 Å². The van der Waals surface area contributed by atoms with Crippen LogP contribution in [0.25, 0.3) is 0 Å². The van der Waals surface area contributed by atoms with Gasteiger partial charge in [-0.05, 0) is 57.1 Å². The predicted molar refractivity (Wildman–Crippen MR) is 101 cm³/mol. The van der Waals surface area contributed by atoms with Crippen molar-refractivity contribution in [3.63, 3.8) is 0 Å². The van der Waals surface area contributed by atoms with Crippen LogP contribution in [0.15, 0.2) is 41.3 Å². The Hall–Kier alpha value is -2.38. The molecule has 0 bridgehead atoms. The molecule has 7 heteroatoms. The molecule has 2 aromatic carbocycles. The highest BCUT2D eigenvalue weighted by Gasteiger charge is 2.21. The van der Waals surface area contributed by atoms with Gasteiger partial charge >= 0.3 is 0 Å². The van der Waals surface area contributed by atoms with Crippen molar-refractivity contribution in [3.05, 3.63) is 58.7 Å². The molecule has 2 N–H and O–H groups in total. The van der Waals surface area contributed by atoms with Gasteiger partial charge in [0.05, 0.1) is 13.2 Å². The standard InChI is InChI=1S/C19H24N2O4S/c1-12-6-7-13(2)16(10-12)14(3)21-19(22)15-8-9-17(25-5)18(11-15)26(23,24)20-4/h6-11,14,20H,1-5H3,(H,21,22). The molecule has 1 atom stereocenters. The van der Waals surface area contributed by atoms with Crippen LogP contribution in [0.4, 0.5) is 0 Å². The summed E-state index contributed by atoms with van der Waals surface area (Å²) < 4.78 is 31.7. The molecule has 0 saturated carbocycles. The van der Waals surface area contributed by atoms with E-state index in [1.807, 2.05) is 39.0 Å². The minimum atomic E-state index is -3.74. The Morgan fingerprint density at radius 1 is 1.12 bits per heavy atom. The first kappa shape index (κ1) is 19.9. The minimum absolute atomic E-state index is 0.0745. The van der Waals surface area contributed by atoms with Gasteiger partial charge in [-0.25, -0.2) is 13.1 Å². The van der Waals surface area contributed by atoms with E-state index in [1.165, 1.54) is 26.3 Å². The van der Waals surface area contributed by atoms with E-state index in [0.29, 0.717) is 0 Å². The van der Waals surface area contributed by atoms with Crippen LogP contribution in [0.1, 0.15) is 40.0 Å². The van der Waals surface area contributed by atoms with Crippen LogP contribution in [-0.2, 0) is 10.0 Å². The fraction of sp³-hybridized carbons (Fsp3) is 0.316. The number of aryl methyl sites for hydroxylation is 2. The molecule has 0 saturated heterocycles. The van der Waals surface area contributed by atoms with Gasteiger partial charge in [0.15, 0.2) is 0 Å². The first-order valence-electron chi connectivity index (χ1n) is 8.19. The normalized spacial score (nSPS) is 12.5. The SMILES string of the molecule is CNS(=O)(=O)c1cc(C(=O)NC(C)c2cc(C)ccc2C)ccc1OC. The third-order valence-electron chi connectivity index (χ3n) is 4.23. The quantitative estimate of drug-likeness (QED) is 0.812. The van der Waals surface area contributed by atoms with E-state index >= 15 is 0 Å². The lowest BCUT2D eigenvalue weighted by Crippen LogP contribution is -2.28. The highest BCUT2D eigenvalue weighted by Crippen LogP contribution is 2.25. The Bertz CT molecular complexity index is 923. The third kappa shape index (κ3) is 4.23. The monoisotopic (exact) mass is 376 g/mol. The van der Waals surface area contributed by atoms with Gasteiger partial charge in [-0.2, -0.15) is 0 Å². The molecule has 6 nitrogen and oxygen atoms in total. The number of methoxy groups -OCH3 is 1. The Morgan fingerprint density at radius 2 is 1.81 bits per heavy atom. The largest absolute Gasteiger partial charge is 0.495 e. The van der Waals surface area contributed by atoms with E-state index in [0.717, 1.165) is 16.7 Å². The zero-order valence-corrected chi connectivity index (χ0v) is 16.4. The number of carbonyl (C=O) groups excluding carboxylic acids is 1. The van der Waals surface area contributed by atoms with Crippen LogP contribution in [0, 0.1) is 13.8 Å². The first-order valence-corrected chi connectivity index (χ1v) is 9.67. The van der Waals surface area contributed by atoms with Crippen LogP contribution in [-0.4, -0.2) is 28.5 Å². The van der Waals surface area contributed by atoms with Gasteiger partial charge < -0.3 is 10.1 Å². The average Bonchev–Trinajstić information content (AvgIpc) is 2.62. The van der Waals surface area contributed by atoms with Gasteiger partial charge in [0.1, 0.15) is 10.6 Å². The van der Waals surface area contributed by atoms with Gasteiger partial charge in [0.2, 0.25) is 10.0 Å². The van der Waals surface area contributed by atoms with E-state index in [-0.39, 0.29) is 28.2 Å². The van der Waals surface area contributed by atoms with Crippen LogP contribution in [0.2, 0.25) is 0 Å². The second kappa shape index (κ2) is 7.88. The molecule has 0 heterocycles. The summed E-state index contributed by atoms with van der Waals surface area (Å²) in [5.74, 6) is -0.174. The second-order valence-electron chi connectivity index (χ2n) is 6.13. The summed E-state index contributed by atoms with van der Waals surface area (Å²) in [6.45, 7) is 5.88. The number of carbonyl (C=O) groups is 1. The molecule has 1 unspecified atom stereocenters. The Labute approximate surface area is 154 Å². The zero-order chi connectivity index (χ0) is 19.5. The minimum Gasteiger partial charge on any atom is -0.495 e. The summed E-state index contributed by atoms with van der Waals surface area (Å²) in [6, 6.07) is 10.2. The van der Waals surface area contributed by atoms with Gasteiger partial charge in [-0.1, -0.05) is 23.8 Å². The van der Waals surface area contributed by atoms with Gasteiger partial charge in [0.25, 0.3) is 5.91 Å². The second-order valence-corrected chi connectivity index (χ2v) is 7.98. The van der Waals surface area contributed by atoms with Crippen molar-refractivity contribution < 1.29 is 17.9 Å². The molecular formula is C19H24N2O4S. The van der Waals surface area contributed by atoms with Gasteiger partial charge in [-0.15, -0.1) is 0 Å². The van der Waals surface area contributed by atoms with E-state index < -0.39 is 10.0 Å².